The van der Waals surface area contributed by atoms with Gasteiger partial charge in [-0.2, -0.15) is 0 Å². The molecule has 1 heterocycles. The first kappa shape index (κ1) is 10.3. The van der Waals surface area contributed by atoms with E-state index in [9.17, 15) is 0 Å². The van der Waals surface area contributed by atoms with Crippen molar-refractivity contribution in [2.75, 3.05) is 13.1 Å². The Balaban J connectivity index is 2.61. The van der Waals surface area contributed by atoms with Gasteiger partial charge in [0.2, 0.25) is 0 Å². The largest absolute Gasteiger partial charge is 0.468 e. The minimum absolute atomic E-state index is 0.490. The van der Waals surface area contributed by atoms with Crippen LogP contribution in [0.1, 0.15) is 25.2 Å². The lowest BCUT2D eigenvalue weighted by Crippen LogP contribution is -2.22. The summed E-state index contributed by atoms with van der Waals surface area (Å²) in [5, 5.41) is 0. The van der Waals surface area contributed by atoms with Crippen LogP contribution in [0.25, 0.3) is 0 Å². The lowest BCUT2D eigenvalue weighted by atomic mass is 10.2. The Morgan fingerprint density at radius 1 is 1.38 bits per heavy atom. The van der Waals surface area contributed by atoms with Crippen molar-refractivity contribution in [3.8, 4) is 0 Å². The molecule has 0 aliphatic carbocycles. The summed E-state index contributed by atoms with van der Waals surface area (Å²) >= 11 is 0. The molecular weight excluding hydrogens is 164 g/mol. The maximum absolute atomic E-state index is 5.54. The third-order valence-corrected chi connectivity index (χ3v) is 2.31. The molecule has 0 fully saturated rings. The van der Waals surface area contributed by atoms with Gasteiger partial charge in [-0.1, -0.05) is 13.8 Å². The van der Waals surface area contributed by atoms with Gasteiger partial charge in [0.05, 0.1) is 12.8 Å². The standard InChI is InChI=1S/C10H18N2O/c1-3-12(4-2)8-9-5-6-13-10(9)7-11/h5-6H,3-4,7-8,11H2,1-2H3. The predicted molar refractivity (Wildman–Crippen MR) is 53.2 cm³/mol. The fourth-order valence-corrected chi connectivity index (χ4v) is 1.38. The molecule has 0 aliphatic rings. The Labute approximate surface area is 79.5 Å². The molecule has 0 unspecified atom stereocenters. The Morgan fingerprint density at radius 2 is 2.08 bits per heavy atom. The molecule has 3 nitrogen and oxygen atoms in total. The van der Waals surface area contributed by atoms with E-state index in [1.165, 1.54) is 5.56 Å². The van der Waals surface area contributed by atoms with Gasteiger partial charge in [0.1, 0.15) is 5.76 Å². The van der Waals surface area contributed by atoms with E-state index in [2.05, 4.69) is 18.7 Å². The molecule has 0 atom stereocenters. The van der Waals surface area contributed by atoms with E-state index in [1.54, 1.807) is 6.26 Å². The lowest BCUT2D eigenvalue weighted by molar-refractivity contribution is 0.293. The summed E-state index contributed by atoms with van der Waals surface area (Å²) in [6.45, 7) is 7.87. The SMILES string of the molecule is CCN(CC)Cc1ccoc1CN. The molecule has 1 aromatic heterocycles. The predicted octanol–water partition coefficient (Wildman–Crippen LogP) is 1.58. The van der Waals surface area contributed by atoms with Crippen LogP contribution < -0.4 is 5.73 Å². The van der Waals surface area contributed by atoms with E-state index in [0.717, 1.165) is 25.4 Å². The third-order valence-electron chi connectivity index (χ3n) is 2.31. The summed E-state index contributed by atoms with van der Waals surface area (Å²) < 4.78 is 5.25. The zero-order chi connectivity index (χ0) is 9.68. The van der Waals surface area contributed by atoms with E-state index >= 15 is 0 Å². The number of hydrogen-bond donors (Lipinski definition) is 1. The molecule has 1 rings (SSSR count). The number of furan rings is 1. The van der Waals surface area contributed by atoms with Crippen LogP contribution in [-0.4, -0.2) is 18.0 Å². The van der Waals surface area contributed by atoms with Gasteiger partial charge in [0, 0.05) is 12.1 Å². The van der Waals surface area contributed by atoms with Gasteiger partial charge in [-0.05, 0) is 19.2 Å². The zero-order valence-electron chi connectivity index (χ0n) is 8.42. The van der Waals surface area contributed by atoms with Crippen molar-refractivity contribution in [1.82, 2.24) is 4.90 Å². The molecule has 0 amide bonds. The van der Waals surface area contributed by atoms with Gasteiger partial charge in [-0.15, -0.1) is 0 Å². The molecule has 0 aromatic carbocycles. The number of rotatable bonds is 5. The fraction of sp³-hybridized carbons (Fsp3) is 0.600. The summed E-state index contributed by atoms with van der Waals surface area (Å²) in [6.07, 6.45) is 1.71. The highest BCUT2D eigenvalue weighted by atomic mass is 16.3. The normalized spacial score (nSPS) is 11.1. The average Bonchev–Trinajstić information content (AvgIpc) is 2.61. The molecule has 2 N–H and O–H groups in total. The quantitative estimate of drug-likeness (QED) is 0.751. The summed E-state index contributed by atoms with van der Waals surface area (Å²) in [6, 6.07) is 2.00. The summed E-state index contributed by atoms with van der Waals surface area (Å²) in [5.41, 5.74) is 6.76. The van der Waals surface area contributed by atoms with E-state index in [4.69, 9.17) is 10.2 Å². The molecule has 74 valence electrons. The summed E-state index contributed by atoms with van der Waals surface area (Å²) in [7, 11) is 0. The average molecular weight is 182 g/mol. The highest BCUT2D eigenvalue weighted by molar-refractivity contribution is 5.16. The molecule has 3 heteroatoms. The highest BCUT2D eigenvalue weighted by Crippen LogP contribution is 2.12. The van der Waals surface area contributed by atoms with Crippen LogP contribution in [0.4, 0.5) is 0 Å². The first-order valence-corrected chi connectivity index (χ1v) is 4.79. The van der Waals surface area contributed by atoms with Gasteiger partial charge < -0.3 is 10.2 Å². The highest BCUT2D eigenvalue weighted by Gasteiger charge is 2.07. The molecular formula is C10H18N2O. The molecule has 1 aromatic rings. The Morgan fingerprint density at radius 3 is 2.62 bits per heavy atom. The summed E-state index contributed by atoms with van der Waals surface area (Å²) in [4.78, 5) is 2.34. The fourth-order valence-electron chi connectivity index (χ4n) is 1.38. The van der Waals surface area contributed by atoms with E-state index < -0.39 is 0 Å². The van der Waals surface area contributed by atoms with Crippen molar-refractivity contribution < 1.29 is 4.42 Å². The molecule has 13 heavy (non-hydrogen) atoms. The first-order chi connectivity index (χ1) is 6.31. The molecule has 0 saturated carbocycles. The van der Waals surface area contributed by atoms with E-state index in [-0.39, 0.29) is 0 Å². The molecule has 0 radical (unpaired) electrons. The monoisotopic (exact) mass is 182 g/mol. The minimum Gasteiger partial charge on any atom is -0.468 e. The Hall–Kier alpha value is -0.800. The van der Waals surface area contributed by atoms with Crippen molar-refractivity contribution in [2.24, 2.45) is 5.73 Å². The van der Waals surface area contributed by atoms with Crippen molar-refractivity contribution in [3.63, 3.8) is 0 Å². The minimum atomic E-state index is 0.490. The smallest absolute Gasteiger partial charge is 0.121 e. The van der Waals surface area contributed by atoms with Gasteiger partial charge in [0.15, 0.2) is 0 Å². The van der Waals surface area contributed by atoms with Crippen LogP contribution in [-0.2, 0) is 13.1 Å². The van der Waals surface area contributed by atoms with Crippen LogP contribution in [0.2, 0.25) is 0 Å². The van der Waals surface area contributed by atoms with Gasteiger partial charge in [-0.25, -0.2) is 0 Å². The van der Waals surface area contributed by atoms with E-state index in [0.29, 0.717) is 6.54 Å². The van der Waals surface area contributed by atoms with Crippen LogP contribution in [0.3, 0.4) is 0 Å². The number of hydrogen-bond acceptors (Lipinski definition) is 3. The van der Waals surface area contributed by atoms with Crippen molar-refractivity contribution in [2.45, 2.75) is 26.9 Å². The molecule has 0 bridgehead atoms. The second-order valence-electron chi connectivity index (χ2n) is 3.03. The molecule has 0 aliphatic heterocycles. The molecule has 0 spiro atoms. The van der Waals surface area contributed by atoms with Crippen LogP contribution in [0, 0.1) is 0 Å². The second-order valence-corrected chi connectivity index (χ2v) is 3.03. The number of nitrogens with two attached hydrogens (primary N) is 1. The molecule has 0 saturated heterocycles. The van der Waals surface area contributed by atoms with Crippen LogP contribution >= 0.6 is 0 Å². The van der Waals surface area contributed by atoms with Gasteiger partial charge in [0.25, 0.3) is 0 Å². The van der Waals surface area contributed by atoms with Crippen molar-refractivity contribution >= 4 is 0 Å². The first-order valence-electron chi connectivity index (χ1n) is 4.79. The Bertz CT molecular complexity index is 241. The van der Waals surface area contributed by atoms with Gasteiger partial charge in [-0.3, -0.25) is 4.90 Å². The van der Waals surface area contributed by atoms with Gasteiger partial charge >= 0.3 is 0 Å². The third kappa shape index (κ3) is 2.57. The van der Waals surface area contributed by atoms with Crippen LogP contribution in [0.5, 0.6) is 0 Å². The van der Waals surface area contributed by atoms with Crippen molar-refractivity contribution in [3.05, 3.63) is 23.7 Å². The van der Waals surface area contributed by atoms with E-state index in [1.807, 2.05) is 6.07 Å². The number of nitrogens with zero attached hydrogens (tertiary/aromatic N) is 1. The maximum Gasteiger partial charge on any atom is 0.121 e. The Kier molecular flexibility index (Phi) is 3.99. The van der Waals surface area contributed by atoms with Crippen LogP contribution in [0.15, 0.2) is 16.7 Å². The second kappa shape index (κ2) is 5.04. The van der Waals surface area contributed by atoms with Crippen molar-refractivity contribution in [1.29, 1.82) is 0 Å². The zero-order valence-corrected chi connectivity index (χ0v) is 8.42. The topological polar surface area (TPSA) is 42.4 Å². The summed E-state index contributed by atoms with van der Waals surface area (Å²) in [5.74, 6) is 0.909. The maximum atomic E-state index is 5.54. The lowest BCUT2D eigenvalue weighted by Gasteiger charge is -2.17.